The Kier molecular flexibility index (Phi) is 8.22. The van der Waals surface area contributed by atoms with Gasteiger partial charge < -0.3 is 15.3 Å². The van der Waals surface area contributed by atoms with Crippen molar-refractivity contribution >= 4 is 23.4 Å². The van der Waals surface area contributed by atoms with Gasteiger partial charge >= 0.3 is 12.1 Å². The molecule has 1 aromatic heterocycles. The molecule has 36 heavy (non-hydrogen) atoms. The molecule has 1 aliphatic rings. The van der Waals surface area contributed by atoms with Gasteiger partial charge in [-0.2, -0.15) is 18.2 Å². The van der Waals surface area contributed by atoms with Gasteiger partial charge in [0, 0.05) is 30.0 Å². The first-order valence-electron chi connectivity index (χ1n) is 11.7. The van der Waals surface area contributed by atoms with E-state index in [1.54, 1.807) is 0 Å². The lowest BCUT2D eigenvalue weighted by atomic mass is 10.0. The molecule has 0 aliphatic carbocycles. The van der Waals surface area contributed by atoms with Crippen molar-refractivity contribution in [1.82, 2.24) is 9.97 Å². The van der Waals surface area contributed by atoms with E-state index < -0.39 is 12.1 Å². The summed E-state index contributed by atoms with van der Waals surface area (Å²) in [6.45, 7) is 12.8. The van der Waals surface area contributed by atoms with Gasteiger partial charge in [0.1, 0.15) is 5.82 Å². The Morgan fingerprint density at radius 2 is 1.67 bits per heavy atom. The van der Waals surface area contributed by atoms with E-state index in [2.05, 4.69) is 87.3 Å². The van der Waals surface area contributed by atoms with Gasteiger partial charge in [-0.3, -0.25) is 0 Å². The predicted octanol–water partition coefficient (Wildman–Crippen LogP) is 6.25. The SMILES string of the molecule is Cc1cc(C)c(Nc2nc(C)c3c(n2)N(CC(C)c2ccccc2)CC3)c(C)c1.O=C(O)C(F)(F)F. The molecule has 0 amide bonds. The van der Waals surface area contributed by atoms with E-state index in [1.807, 2.05) is 0 Å². The fraction of sp³-hybridized carbons (Fsp3) is 0.370. The Labute approximate surface area is 209 Å². The Hall–Kier alpha value is -3.62. The highest BCUT2D eigenvalue weighted by Gasteiger charge is 2.38. The van der Waals surface area contributed by atoms with Gasteiger partial charge in [-0.25, -0.2) is 9.78 Å². The molecule has 0 saturated heterocycles. The van der Waals surface area contributed by atoms with Gasteiger partial charge in [0.2, 0.25) is 5.95 Å². The maximum absolute atomic E-state index is 10.6. The Balaban J connectivity index is 0.000000454. The summed E-state index contributed by atoms with van der Waals surface area (Å²) in [4.78, 5) is 21.0. The lowest BCUT2D eigenvalue weighted by molar-refractivity contribution is -0.192. The van der Waals surface area contributed by atoms with Gasteiger partial charge in [-0.15, -0.1) is 0 Å². The molecule has 0 bridgehead atoms. The third-order valence-corrected chi connectivity index (χ3v) is 6.14. The first-order chi connectivity index (χ1) is 16.9. The number of carbonyl (C=O) groups is 1. The standard InChI is InChI=1S/C25H30N4.C2HF3O2/c1-16-13-17(2)23(18(3)14-16)27-25-26-20(5)22-11-12-29(24(22)28-25)15-19(4)21-9-7-6-8-10-21;3-2(4,5)1(6)7/h6-10,13-14,19H,11-12,15H2,1-5H3,(H,26,27,28);(H,6,7). The topological polar surface area (TPSA) is 78.4 Å². The number of anilines is 3. The van der Waals surface area contributed by atoms with Crippen molar-refractivity contribution in [2.45, 2.75) is 53.1 Å². The fourth-order valence-corrected chi connectivity index (χ4v) is 4.43. The fourth-order valence-electron chi connectivity index (χ4n) is 4.43. The number of hydrogen-bond donors (Lipinski definition) is 2. The highest BCUT2D eigenvalue weighted by Crippen LogP contribution is 2.32. The highest BCUT2D eigenvalue weighted by atomic mass is 19.4. The maximum Gasteiger partial charge on any atom is 0.490 e. The van der Waals surface area contributed by atoms with Crippen molar-refractivity contribution in [3.8, 4) is 0 Å². The van der Waals surface area contributed by atoms with E-state index in [4.69, 9.17) is 19.9 Å². The van der Waals surface area contributed by atoms with Crippen LogP contribution in [0.3, 0.4) is 0 Å². The molecule has 192 valence electrons. The van der Waals surface area contributed by atoms with E-state index in [-0.39, 0.29) is 0 Å². The number of halogens is 3. The number of hydrogen-bond acceptors (Lipinski definition) is 5. The van der Waals surface area contributed by atoms with E-state index in [0.29, 0.717) is 11.9 Å². The van der Waals surface area contributed by atoms with E-state index in [0.717, 1.165) is 36.7 Å². The van der Waals surface area contributed by atoms with Crippen molar-refractivity contribution in [2.75, 3.05) is 23.3 Å². The molecular formula is C27H31F3N4O2. The van der Waals surface area contributed by atoms with Crippen molar-refractivity contribution in [3.63, 3.8) is 0 Å². The number of aliphatic carboxylic acids is 1. The Bertz CT molecular complexity index is 1210. The number of alkyl halides is 3. The van der Waals surface area contributed by atoms with Crippen molar-refractivity contribution in [1.29, 1.82) is 0 Å². The summed E-state index contributed by atoms with van der Waals surface area (Å²) in [5, 5.41) is 10.6. The Morgan fingerprint density at radius 3 is 2.22 bits per heavy atom. The van der Waals surface area contributed by atoms with Crippen LogP contribution in [0.5, 0.6) is 0 Å². The van der Waals surface area contributed by atoms with Crippen LogP contribution in [-0.2, 0) is 11.2 Å². The van der Waals surface area contributed by atoms with E-state index in [1.165, 1.54) is 27.8 Å². The average molecular weight is 501 g/mol. The molecule has 1 atom stereocenters. The molecule has 1 aliphatic heterocycles. The van der Waals surface area contributed by atoms with Gasteiger partial charge in [0.15, 0.2) is 0 Å². The van der Waals surface area contributed by atoms with Gasteiger partial charge in [0.25, 0.3) is 0 Å². The minimum atomic E-state index is -5.08. The molecular weight excluding hydrogens is 469 g/mol. The van der Waals surface area contributed by atoms with Crippen LogP contribution >= 0.6 is 0 Å². The van der Waals surface area contributed by atoms with Gasteiger partial charge in [0.05, 0.1) is 0 Å². The van der Waals surface area contributed by atoms with Crippen LogP contribution in [0, 0.1) is 27.7 Å². The molecule has 0 spiro atoms. The second kappa shape index (κ2) is 11.0. The van der Waals surface area contributed by atoms with Crippen molar-refractivity contribution in [2.24, 2.45) is 0 Å². The Morgan fingerprint density at radius 1 is 1.08 bits per heavy atom. The van der Waals surface area contributed by atoms with E-state index in [9.17, 15) is 13.2 Å². The summed E-state index contributed by atoms with van der Waals surface area (Å²) in [5.41, 5.74) is 8.56. The number of benzene rings is 2. The van der Waals surface area contributed by atoms with Crippen molar-refractivity contribution in [3.05, 3.63) is 76.0 Å². The zero-order valence-electron chi connectivity index (χ0n) is 21.1. The van der Waals surface area contributed by atoms with Crippen LogP contribution in [0.1, 0.15) is 46.4 Å². The molecule has 2 N–H and O–H groups in total. The minimum absolute atomic E-state index is 0.454. The summed E-state index contributed by atoms with van der Waals surface area (Å²) in [5.74, 6) is -0.524. The number of nitrogens with one attached hydrogen (secondary N) is 1. The summed E-state index contributed by atoms with van der Waals surface area (Å²) in [6.07, 6.45) is -4.06. The lowest BCUT2D eigenvalue weighted by Gasteiger charge is -2.23. The van der Waals surface area contributed by atoms with Gasteiger partial charge in [-0.1, -0.05) is 55.0 Å². The highest BCUT2D eigenvalue weighted by molar-refractivity contribution is 5.73. The molecule has 0 radical (unpaired) electrons. The van der Waals surface area contributed by atoms with E-state index >= 15 is 0 Å². The second-order valence-corrected chi connectivity index (χ2v) is 9.14. The molecule has 2 aromatic carbocycles. The quantitative estimate of drug-likeness (QED) is 0.431. The third-order valence-electron chi connectivity index (χ3n) is 6.14. The molecule has 1 unspecified atom stereocenters. The van der Waals surface area contributed by atoms with Crippen LogP contribution in [0.25, 0.3) is 0 Å². The summed E-state index contributed by atoms with van der Waals surface area (Å²) >= 11 is 0. The number of carboxylic acids is 1. The second-order valence-electron chi connectivity index (χ2n) is 9.14. The minimum Gasteiger partial charge on any atom is -0.475 e. The number of carboxylic acid groups (broad SMARTS) is 1. The van der Waals surface area contributed by atoms with Crippen molar-refractivity contribution < 1.29 is 23.1 Å². The lowest BCUT2D eigenvalue weighted by Crippen LogP contribution is -2.26. The molecule has 0 fully saturated rings. The van der Waals surface area contributed by atoms with Crippen LogP contribution in [-0.4, -0.2) is 40.3 Å². The summed E-state index contributed by atoms with van der Waals surface area (Å²) in [6, 6.07) is 15.1. The number of aromatic nitrogens is 2. The molecule has 2 heterocycles. The largest absolute Gasteiger partial charge is 0.490 e. The van der Waals surface area contributed by atoms with Crippen LogP contribution < -0.4 is 10.2 Å². The summed E-state index contributed by atoms with van der Waals surface area (Å²) in [7, 11) is 0. The average Bonchev–Trinajstić information content (AvgIpc) is 3.19. The normalized spacial score (nSPS) is 13.5. The van der Waals surface area contributed by atoms with Crippen LogP contribution in [0.15, 0.2) is 42.5 Å². The van der Waals surface area contributed by atoms with Crippen LogP contribution in [0.4, 0.5) is 30.6 Å². The number of fused-ring (bicyclic) bond motifs is 1. The smallest absolute Gasteiger partial charge is 0.475 e. The maximum atomic E-state index is 10.6. The first kappa shape index (κ1) is 27.0. The monoisotopic (exact) mass is 500 g/mol. The number of nitrogens with zero attached hydrogens (tertiary/aromatic N) is 3. The summed E-state index contributed by atoms with van der Waals surface area (Å²) < 4.78 is 31.7. The molecule has 4 rings (SSSR count). The number of aryl methyl sites for hydroxylation is 4. The molecule has 6 nitrogen and oxygen atoms in total. The van der Waals surface area contributed by atoms with Crippen LogP contribution in [0.2, 0.25) is 0 Å². The zero-order valence-corrected chi connectivity index (χ0v) is 21.1. The predicted molar refractivity (Wildman–Crippen MR) is 135 cm³/mol. The first-order valence-corrected chi connectivity index (χ1v) is 11.7. The molecule has 9 heteroatoms. The number of rotatable bonds is 5. The zero-order chi connectivity index (χ0) is 26.6. The third kappa shape index (κ3) is 6.53. The molecule has 3 aromatic rings. The van der Waals surface area contributed by atoms with Gasteiger partial charge in [-0.05, 0) is 56.7 Å². The molecule has 0 saturated carbocycles.